The summed E-state index contributed by atoms with van der Waals surface area (Å²) in [5.74, 6) is -1.35. The number of carbonyl (C=O) groups excluding carboxylic acids is 1. The number of hydrogen-bond acceptors (Lipinski definition) is 7. The SMILES string of the molecule is O=C(Nc1cccc(OCC(O)C(F)(F)F)n1)c1ccc(S(=O)(=O)CCO)cc1. The predicted molar refractivity (Wildman–Crippen MR) is 95.3 cm³/mol. The summed E-state index contributed by atoms with van der Waals surface area (Å²) in [7, 11) is -3.65. The number of nitrogens with one attached hydrogen (secondary N) is 1. The third-order valence-electron chi connectivity index (χ3n) is 3.57. The molecular formula is C17H17F3N2O6S. The van der Waals surface area contributed by atoms with Crippen molar-refractivity contribution in [3.05, 3.63) is 48.0 Å². The Morgan fingerprint density at radius 3 is 2.41 bits per heavy atom. The lowest BCUT2D eigenvalue weighted by atomic mass is 10.2. The number of benzene rings is 1. The molecule has 0 aliphatic carbocycles. The zero-order chi connectivity index (χ0) is 21.7. The molecule has 1 amide bonds. The van der Waals surface area contributed by atoms with Gasteiger partial charge in [-0.2, -0.15) is 18.2 Å². The highest BCUT2D eigenvalue weighted by Gasteiger charge is 2.38. The molecule has 0 radical (unpaired) electrons. The average Bonchev–Trinajstić information content (AvgIpc) is 2.65. The van der Waals surface area contributed by atoms with Crippen molar-refractivity contribution in [2.45, 2.75) is 17.2 Å². The molecule has 3 N–H and O–H groups in total. The van der Waals surface area contributed by atoms with E-state index in [0.717, 1.165) is 0 Å². The van der Waals surface area contributed by atoms with Gasteiger partial charge >= 0.3 is 6.18 Å². The van der Waals surface area contributed by atoms with E-state index in [9.17, 15) is 26.4 Å². The summed E-state index contributed by atoms with van der Waals surface area (Å²) in [4.78, 5) is 16.0. The number of anilines is 1. The number of amides is 1. The first-order valence-electron chi connectivity index (χ1n) is 8.12. The molecule has 1 heterocycles. The van der Waals surface area contributed by atoms with Crippen LogP contribution in [0.1, 0.15) is 10.4 Å². The summed E-state index contributed by atoms with van der Waals surface area (Å²) in [6.45, 7) is -1.59. The van der Waals surface area contributed by atoms with Crippen LogP contribution in [0.15, 0.2) is 47.4 Å². The molecule has 158 valence electrons. The fourth-order valence-corrected chi connectivity index (χ4v) is 3.09. The number of rotatable bonds is 8. The standard InChI is InChI=1S/C17H17F3N2O6S/c18-17(19,20)13(24)10-28-15-3-1-2-14(21-15)22-16(25)11-4-6-12(7-5-11)29(26,27)9-8-23/h1-7,13,23-24H,8-10H2,(H,21,22,25). The average molecular weight is 434 g/mol. The number of aliphatic hydroxyl groups is 2. The van der Waals surface area contributed by atoms with Gasteiger partial charge in [0, 0.05) is 11.6 Å². The largest absolute Gasteiger partial charge is 0.474 e. The van der Waals surface area contributed by atoms with Gasteiger partial charge < -0.3 is 20.3 Å². The van der Waals surface area contributed by atoms with Crippen LogP contribution < -0.4 is 10.1 Å². The normalized spacial score (nSPS) is 13.0. The van der Waals surface area contributed by atoms with Crippen LogP contribution in [0.3, 0.4) is 0 Å². The van der Waals surface area contributed by atoms with Gasteiger partial charge in [-0.25, -0.2) is 8.42 Å². The molecule has 8 nitrogen and oxygen atoms in total. The quantitative estimate of drug-likeness (QED) is 0.573. The Hall–Kier alpha value is -2.70. The van der Waals surface area contributed by atoms with E-state index in [-0.39, 0.29) is 22.2 Å². The maximum absolute atomic E-state index is 12.3. The van der Waals surface area contributed by atoms with E-state index in [2.05, 4.69) is 10.3 Å². The molecule has 0 bridgehead atoms. The van der Waals surface area contributed by atoms with Gasteiger partial charge in [-0.1, -0.05) is 6.07 Å². The molecule has 1 unspecified atom stereocenters. The number of carbonyl (C=O) groups is 1. The molecule has 0 aliphatic heterocycles. The van der Waals surface area contributed by atoms with Gasteiger partial charge in [0.25, 0.3) is 5.91 Å². The number of alkyl halides is 3. The molecule has 0 fully saturated rings. The number of aliphatic hydroxyl groups excluding tert-OH is 2. The van der Waals surface area contributed by atoms with Crippen LogP contribution in [0.4, 0.5) is 19.0 Å². The van der Waals surface area contributed by atoms with Gasteiger partial charge in [0.2, 0.25) is 5.88 Å². The summed E-state index contributed by atoms with van der Waals surface area (Å²) in [5.41, 5.74) is 0.105. The summed E-state index contributed by atoms with van der Waals surface area (Å²) in [6, 6.07) is 8.95. The second-order valence-corrected chi connectivity index (χ2v) is 7.86. The molecular weight excluding hydrogens is 417 g/mol. The highest BCUT2D eigenvalue weighted by molar-refractivity contribution is 7.91. The Morgan fingerprint density at radius 2 is 1.83 bits per heavy atom. The minimum absolute atomic E-state index is 0.0222. The van der Waals surface area contributed by atoms with Gasteiger partial charge in [-0.15, -0.1) is 0 Å². The molecule has 2 aromatic rings. The van der Waals surface area contributed by atoms with Gasteiger partial charge in [-0.3, -0.25) is 4.79 Å². The maximum Gasteiger partial charge on any atom is 0.417 e. The molecule has 1 atom stereocenters. The third-order valence-corrected chi connectivity index (χ3v) is 5.28. The lowest BCUT2D eigenvalue weighted by Crippen LogP contribution is -2.34. The van der Waals surface area contributed by atoms with E-state index in [1.54, 1.807) is 0 Å². The molecule has 1 aromatic heterocycles. The minimum Gasteiger partial charge on any atom is -0.474 e. The Kier molecular flexibility index (Phi) is 7.16. The number of halogens is 3. The maximum atomic E-state index is 12.3. The molecule has 29 heavy (non-hydrogen) atoms. The van der Waals surface area contributed by atoms with Crippen LogP contribution in [0.5, 0.6) is 5.88 Å². The lowest BCUT2D eigenvalue weighted by molar-refractivity contribution is -0.210. The highest BCUT2D eigenvalue weighted by Crippen LogP contribution is 2.21. The van der Waals surface area contributed by atoms with Gasteiger partial charge in [-0.05, 0) is 30.3 Å². The van der Waals surface area contributed by atoms with Crippen molar-refractivity contribution >= 4 is 21.6 Å². The number of hydrogen-bond donors (Lipinski definition) is 3. The molecule has 0 spiro atoms. The fourth-order valence-electron chi connectivity index (χ4n) is 2.06. The fraction of sp³-hybridized carbons (Fsp3) is 0.294. The van der Waals surface area contributed by atoms with Gasteiger partial charge in [0.05, 0.1) is 17.3 Å². The summed E-state index contributed by atoms with van der Waals surface area (Å²) in [5, 5.41) is 20.1. The number of ether oxygens (including phenoxy) is 1. The monoisotopic (exact) mass is 434 g/mol. The summed E-state index contributed by atoms with van der Waals surface area (Å²) in [6.07, 6.45) is -7.51. The van der Waals surface area contributed by atoms with Crippen molar-refractivity contribution in [1.29, 1.82) is 0 Å². The number of pyridine rings is 1. The van der Waals surface area contributed by atoms with Crippen molar-refractivity contribution < 1.29 is 41.3 Å². The van der Waals surface area contributed by atoms with E-state index in [1.165, 1.54) is 42.5 Å². The van der Waals surface area contributed by atoms with Crippen molar-refractivity contribution in [1.82, 2.24) is 4.98 Å². The van der Waals surface area contributed by atoms with E-state index >= 15 is 0 Å². The molecule has 0 aliphatic rings. The van der Waals surface area contributed by atoms with E-state index in [0.29, 0.717) is 0 Å². The first kappa shape index (κ1) is 22.6. The molecule has 0 saturated carbocycles. The Balaban J connectivity index is 2.04. The van der Waals surface area contributed by atoms with Crippen molar-refractivity contribution in [2.24, 2.45) is 0 Å². The molecule has 2 rings (SSSR count). The third kappa shape index (κ3) is 6.41. The second-order valence-electron chi connectivity index (χ2n) is 5.75. The molecule has 0 saturated heterocycles. The Labute approximate surface area is 163 Å². The summed E-state index contributed by atoms with van der Waals surface area (Å²) < 4.78 is 65.3. The van der Waals surface area contributed by atoms with Crippen LogP contribution in [-0.2, 0) is 9.84 Å². The van der Waals surface area contributed by atoms with Gasteiger partial charge in [0.15, 0.2) is 15.9 Å². The zero-order valence-electron chi connectivity index (χ0n) is 14.8. The van der Waals surface area contributed by atoms with Crippen LogP contribution in [0, 0.1) is 0 Å². The minimum atomic E-state index is -4.83. The van der Waals surface area contributed by atoms with Crippen LogP contribution >= 0.6 is 0 Å². The second kappa shape index (κ2) is 9.20. The van der Waals surface area contributed by atoms with Gasteiger partial charge in [0.1, 0.15) is 12.4 Å². The summed E-state index contributed by atoms with van der Waals surface area (Å²) >= 11 is 0. The highest BCUT2D eigenvalue weighted by atomic mass is 32.2. The van der Waals surface area contributed by atoms with E-state index < -0.39 is 47.0 Å². The van der Waals surface area contributed by atoms with Crippen LogP contribution in [0.2, 0.25) is 0 Å². The van der Waals surface area contributed by atoms with Crippen molar-refractivity contribution in [3.63, 3.8) is 0 Å². The molecule has 12 heteroatoms. The van der Waals surface area contributed by atoms with Crippen molar-refractivity contribution in [2.75, 3.05) is 24.3 Å². The number of nitrogens with zero attached hydrogens (tertiary/aromatic N) is 1. The molecule has 1 aromatic carbocycles. The first-order chi connectivity index (χ1) is 13.5. The number of sulfone groups is 1. The van der Waals surface area contributed by atoms with Crippen LogP contribution in [-0.4, -0.2) is 60.8 Å². The smallest absolute Gasteiger partial charge is 0.417 e. The topological polar surface area (TPSA) is 126 Å². The zero-order valence-corrected chi connectivity index (χ0v) is 15.6. The number of aromatic nitrogens is 1. The van der Waals surface area contributed by atoms with Crippen LogP contribution in [0.25, 0.3) is 0 Å². The van der Waals surface area contributed by atoms with Crippen molar-refractivity contribution in [3.8, 4) is 5.88 Å². The lowest BCUT2D eigenvalue weighted by Gasteiger charge is -2.15. The van der Waals surface area contributed by atoms with E-state index in [4.69, 9.17) is 14.9 Å². The van der Waals surface area contributed by atoms with E-state index in [1.807, 2.05) is 0 Å². The first-order valence-corrected chi connectivity index (χ1v) is 9.78. The Bertz CT molecular complexity index is 948. The predicted octanol–water partition coefficient (Wildman–Crippen LogP) is 1.40. The Morgan fingerprint density at radius 1 is 1.17 bits per heavy atom.